The summed E-state index contributed by atoms with van der Waals surface area (Å²) < 4.78 is 25.7. The minimum absolute atomic E-state index is 0.0553. The maximum absolute atomic E-state index is 14.8. The summed E-state index contributed by atoms with van der Waals surface area (Å²) >= 11 is 6.13. The van der Waals surface area contributed by atoms with Crippen LogP contribution >= 0.6 is 11.6 Å². The van der Waals surface area contributed by atoms with Crippen molar-refractivity contribution in [1.82, 2.24) is 15.5 Å². The molecule has 3 aromatic rings. The fourth-order valence-corrected chi connectivity index (χ4v) is 3.88. The quantitative estimate of drug-likeness (QED) is 0.643. The van der Waals surface area contributed by atoms with Gasteiger partial charge in [-0.25, -0.2) is 4.39 Å². The first-order valence-corrected chi connectivity index (χ1v) is 10.1. The number of benzene rings is 2. The monoisotopic (exact) mass is 427 g/mol. The third-order valence-corrected chi connectivity index (χ3v) is 5.98. The molecule has 1 aromatic heterocycles. The highest BCUT2D eigenvalue weighted by molar-refractivity contribution is 6.31. The van der Waals surface area contributed by atoms with E-state index in [2.05, 4.69) is 15.5 Å². The van der Waals surface area contributed by atoms with Crippen LogP contribution in [0.15, 0.2) is 34.9 Å². The van der Waals surface area contributed by atoms with Gasteiger partial charge in [0.25, 0.3) is 0 Å². The lowest BCUT2D eigenvalue weighted by Crippen LogP contribution is -2.34. The van der Waals surface area contributed by atoms with Gasteiger partial charge in [0.1, 0.15) is 18.2 Å². The van der Waals surface area contributed by atoms with Crippen LogP contribution in [-0.2, 0) is 4.79 Å². The van der Waals surface area contributed by atoms with Crippen molar-refractivity contribution in [3.8, 4) is 28.3 Å². The van der Waals surface area contributed by atoms with Crippen molar-refractivity contribution in [3.05, 3.63) is 52.6 Å². The standard InChI is InChI=1S/C22H19ClFN3O3/c1-11-25-20(27-30-11)19-15(8-13(23)9-16(19)24)12-3-4-14-17(10-29-18(14)7-12)26-21(28)22(2)5-6-22/h3-4,7-9,17H,5-6,10H2,1-2H3,(H,26,28). The number of carbonyl (C=O) groups excluding carboxylic acids is 1. The molecule has 30 heavy (non-hydrogen) atoms. The van der Waals surface area contributed by atoms with Crippen LogP contribution in [-0.4, -0.2) is 22.7 Å². The Morgan fingerprint density at radius 3 is 2.80 bits per heavy atom. The second kappa shape index (κ2) is 6.80. The second-order valence-electron chi connectivity index (χ2n) is 8.10. The molecule has 1 fully saturated rings. The Bertz CT molecular complexity index is 1170. The smallest absolute Gasteiger partial charge is 0.226 e. The number of fused-ring (bicyclic) bond motifs is 1. The van der Waals surface area contributed by atoms with Crippen LogP contribution in [0, 0.1) is 18.2 Å². The summed E-state index contributed by atoms with van der Waals surface area (Å²) in [6.07, 6.45) is 1.83. The average molecular weight is 428 g/mol. The predicted molar refractivity (Wildman–Crippen MR) is 109 cm³/mol. The van der Waals surface area contributed by atoms with E-state index in [0.717, 1.165) is 18.4 Å². The Morgan fingerprint density at radius 2 is 2.10 bits per heavy atom. The number of nitrogens with one attached hydrogen (secondary N) is 1. The first kappa shape index (κ1) is 19.1. The number of carbonyl (C=O) groups is 1. The van der Waals surface area contributed by atoms with E-state index >= 15 is 0 Å². The molecule has 6 nitrogen and oxygen atoms in total. The van der Waals surface area contributed by atoms with Gasteiger partial charge >= 0.3 is 0 Å². The molecule has 1 amide bonds. The van der Waals surface area contributed by atoms with Gasteiger partial charge < -0.3 is 14.6 Å². The maximum atomic E-state index is 14.8. The topological polar surface area (TPSA) is 77.2 Å². The van der Waals surface area contributed by atoms with E-state index in [0.29, 0.717) is 29.4 Å². The Balaban J connectivity index is 1.52. The highest BCUT2D eigenvalue weighted by Gasteiger charge is 2.46. The molecule has 2 heterocycles. The van der Waals surface area contributed by atoms with E-state index in [1.807, 2.05) is 25.1 Å². The van der Waals surface area contributed by atoms with E-state index < -0.39 is 5.82 Å². The first-order valence-electron chi connectivity index (χ1n) is 9.72. The first-order chi connectivity index (χ1) is 14.3. The summed E-state index contributed by atoms with van der Waals surface area (Å²) in [6, 6.07) is 8.25. The molecule has 1 N–H and O–H groups in total. The zero-order valence-corrected chi connectivity index (χ0v) is 17.2. The summed E-state index contributed by atoms with van der Waals surface area (Å²) in [5.74, 6) is 0.656. The van der Waals surface area contributed by atoms with Gasteiger partial charge in [-0.3, -0.25) is 4.79 Å². The summed E-state index contributed by atoms with van der Waals surface area (Å²) in [6.45, 7) is 3.97. The van der Waals surface area contributed by atoms with Crippen molar-refractivity contribution in [1.29, 1.82) is 0 Å². The molecule has 154 valence electrons. The molecular formula is C22H19ClFN3O3. The van der Waals surface area contributed by atoms with Gasteiger partial charge in [0.2, 0.25) is 17.6 Å². The van der Waals surface area contributed by atoms with Crippen LogP contribution in [0.4, 0.5) is 4.39 Å². The van der Waals surface area contributed by atoms with E-state index in [-0.39, 0.29) is 33.8 Å². The summed E-state index contributed by atoms with van der Waals surface area (Å²) in [5, 5.41) is 7.20. The fourth-order valence-electron chi connectivity index (χ4n) is 3.67. The van der Waals surface area contributed by atoms with Gasteiger partial charge in [-0.1, -0.05) is 35.8 Å². The van der Waals surface area contributed by atoms with Crippen molar-refractivity contribution >= 4 is 17.5 Å². The molecule has 1 atom stereocenters. The Kier molecular flexibility index (Phi) is 4.32. The third-order valence-electron chi connectivity index (χ3n) is 5.77. The van der Waals surface area contributed by atoms with Gasteiger partial charge in [-0.15, -0.1) is 0 Å². The highest BCUT2D eigenvalue weighted by atomic mass is 35.5. The van der Waals surface area contributed by atoms with Crippen molar-refractivity contribution in [2.75, 3.05) is 6.61 Å². The van der Waals surface area contributed by atoms with Crippen LogP contribution in [0.25, 0.3) is 22.5 Å². The maximum Gasteiger partial charge on any atom is 0.226 e. The molecule has 1 aliphatic carbocycles. The number of halogens is 2. The lowest BCUT2D eigenvalue weighted by atomic mass is 9.96. The molecule has 1 aliphatic heterocycles. The van der Waals surface area contributed by atoms with Crippen molar-refractivity contribution < 1.29 is 18.4 Å². The van der Waals surface area contributed by atoms with Gasteiger partial charge in [0, 0.05) is 22.9 Å². The van der Waals surface area contributed by atoms with Gasteiger partial charge in [-0.05, 0) is 42.2 Å². The molecule has 1 saturated carbocycles. The van der Waals surface area contributed by atoms with Crippen LogP contribution in [0.5, 0.6) is 5.75 Å². The fraction of sp³-hybridized carbons (Fsp3) is 0.318. The van der Waals surface area contributed by atoms with E-state index in [9.17, 15) is 9.18 Å². The number of aryl methyl sites for hydroxylation is 1. The van der Waals surface area contributed by atoms with Crippen molar-refractivity contribution in [3.63, 3.8) is 0 Å². The zero-order chi connectivity index (χ0) is 21.0. The van der Waals surface area contributed by atoms with Crippen LogP contribution in [0.1, 0.15) is 37.3 Å². The SMILES string of the molecule is Cc1nc(-c2c(F)cc(Cl)cc2-c2ccc3c(c2)OCC3NC(=O)C2(C)CC2)no1. The lowest BCUT2D eigenvalue weighted by molar-refractivity contribution is -0.126. The minimum atomic E-state index is -0.539. The van der Waals surface area contributed by atoms with E-state index in [1.54, 1.807) is 13.0 Å². The van der Waals surface area contributed by atoms with Crippen LogP contribution in [0.3, 0.4) is 0 Å². The molecule has 5 rings (SSSR count). The molecule has 2 aromatic carbocycles. The highest BCUT2D eigenvalue weighted by Crippen LogP contribution is 2.46. The molecule has 2 aliphatic rings. The molecule has 0 radical (unpaired) electrons. The van der Waals surface area contributed by atoms with Crippen LogP contribution in [0.2, 0.25) is 5.02 Å². The van der Waals surface area contributed by atoms with Crippen molar-refractivity contribution in [2.45, 2.75) is 32.7 Å². The normalized spacial score (nSPS) is 18.6. The predicted octanol–water partition coefficient (Wildman–Crippen LogP) is 4.85. The Hall–Kier alpha value is -2.93. The van der Waals surface area contributed by atoms with Gasteiger partial charge in [-0.2, -0.15) is 4.98 Å². The molecular weight excluding hydrogens is 409 g/mol. The number of hydrogen-bond acceptors (Lipinski definition) is 5. The second-order valence-corrected chi connectivity index (χ2v) is 8.53. The number of hydrogen-bond donors (Lipinski definition) is 1. The van der Waals surface area contributed by atoms with Gasteiger partial charge in [0.05, 0.1) is 11.6 Å². The Labute approximate surface area is 177 Å². The van der Waals surface area contributed by atoms with E-state index in [4.69, 9.17) is 20.9 Å². The molecule has 8 heteroatoms. The zero-order valence-electron chi connectivity index (χ0n) is 16.5. The number of aromatic nitrogens is 2. The number of nitrogens with zero attached hydrogens (tertiary/aromatic N) is 2. The number of ether oxygens (including phenoxy) is 1. The van der Waals surface area contributed by atoms with Crippen molar-refractivity contribution in [2.24, 2.45) is 5.41 Å². The number of amides is 1. The third kappa shape index (κ3) is 3.23. The van der Waals surface area contributed by atoms with E-state index in [1.165, 1.54) is 6.07 Å². The summed E-state index contributed by atoms with van der Waals surface area (Å²) in [4.78, 5) is 16.6. The summed E-state index contributed by atoms with van der Waals surface area (Å²) in [5.41, 5.74) is 2.09. The summed E-state index contributed by atoms with van der Waals surface area (Å²) in [7, 11) is 0. The molecule has 0 bridgehead atoms. The molecule has 1 unspecified atom stereocenters. The van der Waals surface area contributed by atoms with Crippen LogP contribution < -0.4 is 10.1 Å². The molecule has 0 saturated heterocycles. The lowest BCUT2D eigenvalue weighted by Gasteiger charge is -2.15. The largest absolute Gasteiger partial charge is 0.491 e. The molecule has 0 spiro atoms. The Morgan fingerprint density at radius 1 is 1.30 bits per heavy atom. The minimum Gasteiger partial charge on any atom is -0.491 e. The van der Waals surface area contributed by atoms with Gasteiger partial charge in [0.15, 0.2) is 0 Å². The average Bonchev–Trinajstić information content (AvgIpc) is 3.13. The number of rotatable bonds is 4.